The minimum Gasteiger partial charge on any atom is -0.492 e. The van der Waals surface area contributed by atoms with E-state index in [-0.39, 0.29) is 17.5 Å². The second-order valence-corrected chi connectivity index (χ2v) is 12.9. The minimum absolute atomic E-state index is 0.111. The second kappa shape index (κ2) is 13.5. The number of thioether (sulfide) groups is 1. The van der Waals surface area contributed by atoms with Crippen molar-refractivity contribution in [1.29, 1.82) is 0 Å². The van der Waals surface area contributed by atoms with Crippen LogP contribution in [0.2, 0.25) is 0 Å². The average Bonchev–Trinajstić information content (AvgIpc) is 2.96. The van der Waals surface area contributed by atoms with Crippen LogP contribution < -0.4 is 19.3 Å². The van der Waals surface area contributed by atoms with Gasteiger partial charge in [0, 0.05) is 23.7 Å². The molecule has 1 N–H and O–H groups in total. The highest BCUT2D eigenvalue weighted by atomic mass is 32.2. The van der Waals surface area contributed by atoms with E-state index in [4.69, 9.17) is 4.74 Å². The van der Waals surface area contributed by atoms with E-state index in [9.17, 15) is 13.2 Å². The number of carbonyl (C=O) groups excluding carboxylic acids is 1. The first-order valence-corrected chi connectivity index (χ1v) is 16.4. The molecule has 0 spiro atoms. The van der Waals surface area contributed by atoms with Gasteiger partial charge in [-0.1, -0.05) is 31.2 Å². The third-order valence-corrected chi connectivity index (χ3v) is 9.68. The molecule has 1 fully saturated rings. The summed E-state index contributed by atoms with van der Waals surface area (Å²) in [5.74, 6) is 0.678. The number of anilines is 2. The maximum absolute atomic E-state index is 13.9. The summed E-state index contributed by atoms with van der Waals surface area (Å²) in [5.41, 5.74) is 2.46. The summed E-state index contributed by atoms with van der Waals surface area (Å²) in [4.78, 5) is 16.8. The SMILES string of the molecule is CCOc1ccccc1N(CC(=O)NC(C)c1ccc(N2CCCC(C)C2)cc1)S(=O)(=O)c1ccc(SC)cc1. The molecule has 3 aromatic rings. The fourth-order valence-electron chi connectivity index (χ4n) is 5.01. The van der Waals surface area contributed by atoms with Gasteiger partial charge in [-0.25, -0.2) is 8.42 Å². The maximum atomic E-state index is 13.9. The Labute approximate surface area is 243 Å². The smallest absolute Gasteiger partial charge is 0.264 e. The van der Waals surface area contributed by atoms with Crippen LogP contribution in [0.25, 0.3) is 0 Å². The molecule has 7 nitrogen and oxygen atoms in total. The molecule has 214 valence electrons. The van der Waals surface area contributed by atoms with E-state index in [0.717, 1.165) is 27.9 Å². The van der Waals surface area contributed by atoms with Crippen LogP contribution in [0.4, 0.5) is 11.4 Å². The summed E-state index contributed by atoms with van der Waals surface area (Å²) < 4.78 is 34.6. The molecule has 2 unspecified atom stereocenters. The predicted octanol–water partition coefficient (Wildman–Crippen LogP) is 6.12. The number of nitrogens with zero attached hydrogens (tertiary/aromatic N) is 2. The number of amides is 1. The summed E-state index contributed by atoms with van der Waals surface area (Å²) in [5, 5.41) is 2.99. The van der Waals surface area contributed by atoms with Crippen LogP contribution in [0.3, 0.4) is 0 Å². The largest absolute Gasteiger partial charge is 0.492 e. The van der Waals surface area contributed by atoms with Crippen molar-refractivity contribution in [2.24, 2.45) is 5.92 Å². The first kappa shape index (κ1) is 29.8. The lowest BCUT2D eigenvalue weighted by molar-refractivity contribution is -0.120. The van der Waals surface area contributed by atoms with E-state index in [0.29, 0.717) is 24.0 Å². The topological polar surface area (TPSA) is 79.0 Å². The third-order valence-electron chi connectivity index (χ3n) is 7.16. The molecule has 1 saturated heterocycles. The number of benzene rings is 3. The standard InChI is InChI=1S/C31H39N3O4S2/c1-5-38-30-11-7-6-10-29(30)34(40(36,37)28-18-16-27(39-4)17-19-28)22-31(35)32-24(3)25-12-14-26(15-13-25)33-20-8-9-23(2)21-33/h6-7,10-19,23-24H,5,8-9,20-22H2,1-4H3,(H,32,35). The Morgan fingerprint density at radius 3 is 2.45 bits per heavy atom. The van der Waals surface area contributed by atoms with Gasteiger partial charge < -0.3 is 15.0 Å². The Bertz CT molecular complexity index is 1380. The molecule has 1 amide bonds. The summed E-state index contributed by atoms with van der Waals surface area (Å²) in [6.07, 6.45) is 4.40. The molecular formula is C31H39N3O4S2. The highest BCUT2D eigenvalue weighted by Crippen LogP contribution is 2.33. The van der Waals surface area contributed by atoms with E-state index < -0.39 is 15.9 Å². The number of hydrogen-bond donors (Lipinski definition) is 1. The molecule has 40 heavy (non-hydrogen) atoms. The van der Waals surface area contributed by atoms with Crippen LogP contribution in [-0.4, -0.2) is 46.8 Å². The Morgan fingerprint density at radius 1 is 1.10 bits per heavy atom. The lowest BCUT2D eigenvalue weighted by atomic mass is 9.99. The van der Waals surface area contributed by atoms with Gasteiger partial charge >= 0.3 is 0 Å². The average molecular weight is 582 g/mol. The molecule has 0 aromatic heterocycles. The van der Waals surface area contributed by atoms with Gasteiger partial charge in [-0.3, -0.25) is 9.10 Å². The zero-order valence-electron chi connectivity index (χ0n) is 23.7. The van der Waals surface area contributed by atoms with Crippen molar-refractivity contribution < 1.29 is 17.9 Å². The van der Waals surface area contributed by atoms with Crippen molar-refractivity contribution >= 4 is 39.1 Å². The zero-order valence-corrected chi connectivity index (χ0v) is 25.3. The Kier molecular flexibility index (Phi) is 10.0. The third kappa shape index (κ3) is 7.12. The molecule has 0 radical (unpaired) electrons. The maximum Gasteiger partial charge on any atom is 0.264 e. The van der Waals surface area contributed by atoms with Crippen molar-refractivity contribution in [2.45, 2.75) is 49.4 Å². The van der Waals surface area contributed by atoms with Gasteiger partial charge in [0.05, 0.1) is 23.2 Å². The van der Waals surface area contributed by atoms with Crippen molar-refractivity contribution in [3.8, 4) is 5.75 Å². The Morgan fingerprint density at radius 2 is 1.80 bits per heavy atom. The van der Waals surface area contributed by atoms with Gasteiger partial charge in [-0.15, -0.1) is 11.8 Å². The van der Waals surface area contributed by atoms with Crippen LogP contribution in [0.1, 0.15) is 45.2 Å². The Hall–Kier alpha value is -3.17. The highest BCUT2D eigenvalue weighted by Gasteiger charge is 2.30. The van der Waals surface area contributed by atoms with Crippen molar-refractivity contribution in [3.63, 3.8) is 0 Å². The number of nitrogens with one attached hydrogen (secondary N) is 1. The molecule has 0 aliphatic carbocycles. The normalized spacial score (nSPS) is 16.3. The van der Waals surface area contributed by atoms with Crippen LogP contribution in [0, 0.1) is 5.92 Å². The van der Waals surface area contributed by atoms with Crippen LogP contribution in [0.15, 0.2) is 82.6 Å². The fraction of sp³-hybridized carbons (Fsp3) is 0.387. The number of rotatable bonds is 11. The molecule has 0 saturated carbocycles. The van der Waals surface area contributed by atoms with Gasteiger partial charge in [0.1, 0.15) is 12.3 Å². The highest BCUT2D eigenvalue weighted by molar-refractivity contribution is 7.98. The van der Waals surface area contributed by atoms with E-state index in [1.807, 2.05) is 32.2 Å². The zero-order chi connectivity index (χ0) is 28.7. The molecule has 3 aromatic carbocycles. The summed E-state index contributed by atoms with van der Waals surface area (Å²) >= 11 is 1.53. The van der Waals surface area contributed by atoms with Gasteiger partial charge in [-0.2, -0.15) is 0 Å². The van der Waals surface area contributed by atoms with Crippen LogP contribution in [-0.2, 0) is 14.8 Å². The molecule has 0 bridgehead atoms. The molecular weight excluding hydrogens is 542 g/mol. The van der Waals surface area contributed by atoms with Crippen LogP contribution in [0.5, 0.6) is 5.75 Å². The minimum atomic E-state index is -4.06. The summed E-state index contributed by atoms with van der Waals surface area (Å²) in [6, 6.07) is 21.5. The van der Waals surface area contributed by atoms with E-state index >= 15 is 0 Å². The predicted molar refractivity (Wildman–Crippen MR) is 164 cm³/mol. The summed E-state index contributed by atoms with van der Waals surface area (Å²) in [6.45, 7) is 8.12. The number of piperidine rings is 1. The van der Waals surface area contributed by atoms with Gasteiger partial charge in [-0.05, 0) is 93.0 Å². The van der Waals surface area contributed by atoms with Crippen molar-refractivity contribution in [3.05, 3.63) is 78.4 Å². The lowest BCUT2D eigenvalue weighted by Crippen LogP contribution is -2.41. The molecule has 2 atom stereocenters. The quantitative estimate of drug-likeness (QED) is 0.275. The van der Waals surface area contributed by atoms with Gasteiger partial charge in [0.15, 0.2) is 0 Å². The monoisotopic (exact) mass is 581 g/mol. The van der Waals surface area contributed by atoms with Crippen molar-refractivity contribution in [2.75, 3.05) is 41.7 Å². The summed E-state index contributed by atoms with van der Waals surface area (Å²) in [7, 11) is -4.06. The second-order valence-electron chi connectivity index (χ2n) is 10.2. The first-order chi connectivity index (χ1) is 19.2. The first-order valence-electron chi connectivity index (χ1n) is 13.8. The van der Waals surface area contributed by atoms with Crippen molar-refractivity contribution in [1.82, 2.24) is 5.32 Å². The Balaban J connectivity index is 1.54. The van der Waals surface area contributed by atoms with Gasteiger partial charge in [0.25, 0.3) is 10.0 Å². The molecule has 1 aliphatic rings. The van der Waals surface area contributed by atoms with E-state index in [2.05, 4.69) is 29.3 Å². The van der Waals surface area contributed by atoms with E-state index in [1.165, 1.54) is 30.3 Å². The lowest BCUT2D eigenvalue weighted by Gasteiger charge is -2.33. The number of hydrogen-bond acceptors (Lipinski definition) is 6. The number of para-hydroxylation sites is 2. The van der Waals surface area contributed by atoms with E-state index in [1.54, 1.807) is 48.5 Å². The fourth-order valence-corrected chi connectivity index (χ4v) is 6.85. The molecule has 1 heterocycles. The number of carbonyl (C=O) groups is 1. The number of sulfonamides is 1. The van der Waals surface area contributed by atoms with Gasteiger partial charge in [0.2, 0.25) is 5.91 Å². The molecule has 4 rings (SSSR count). The number of ether oxygens (including phenoxy) is 1. The molecule has 1 aliphatic heterocycles. The molecule has 9 heteroatoms. The van der Waals surface area contributed by atoms with Crippen LogP contribution >= 0.6 is 11.8 Å².